The third-order valence-corrected chi connectivity index (χ3v) is 4.51. The van der Waals surface area contributed by atoms with Crippen molar-refractivity contribution in [3.8, 4) is 0 Å². The first-order valence-electron chi connectivity index (χ1n) is 8.12. The van der Waals surface area contributed by atoms with Gasteiger partial charge in [-0.25, -0.2) is 9.97 Å². The number of H-pyrrole nitrogens is 1. The Morgan fingerprint density at radius 2 is 1.88 bits per heavy atom. The van der Waals surface area contributed by atoms with Gasteiger partial charge in [0.25, 0.3) is 5.56 Å². The highest BCUT2D eigenvalue weighted by atomic mass is 35.5. The molecule has 3 aromatic rings. The molecule has 1 aliphatic rings. The van der Waals surface area contributed by atoms with Crippen molar-refractivity contribution < 1.29 is 0 Å². The topological polar surface area (TPSA) is 78.0 Å². The van der Waals surface area contributed by atoms with E-state index in [4.69, 9.17) is 11.6 Å². The van der Waals surface area contributed by atoms with Gasteiger partial charge in [-0.1, -0.05) is 23.7 Å². The zero-order valence-electron chi connectivity index (χ0n) is 13.5. The number of para-hydroxylation sites is 1. The van der Waals surface area contributed by atoms with E-state index in [1.165, 1.54) is 6.20 Å². The van der Waals surface area contributed by atoms with Crippen LogP contribution in [0.2, 0.25) is 5.15 Å². The first-order valence-corrected chi connectivity index (χ1v) is 8.49. The molecule has 0 saturated carbocycles. The van der Waals surface area contributed by atoms with Crippen LogP contribution in [0.3, 0.4) is 0 Å². The normalized spacial score (nSPS) is 15.6. The average Bonchev–Trinajstić information content (AvgIpc) is 2.62. The van der Waals surface area contributed by atoms with E-state index in [-0.39, 0.29) is 5.56 Å². The molecule has 4 rings (SSSR count). The summed E-state index contributed by atoms with van der Waals surface area (Å²) in [6, 6.07) is 7.39. The number of rotatable bonds is 3. The summed E-state index contributed by atoms with van der Waals surface area (Å²) in [6.07, 6.45) is 3.26. The van der Waals surface area contributed by atoms with Gasteiger partial charge in [-0.15, -0.1) is 0 Å². The molecule has 0 unspecified atom stereocenters. The summed E-state index contributed by atoms with van der Waals surface area (Å²) >= 11 is 5.91. The van der Waals surface area contributed by atoms with Crippen molar-refractivity contribution in [2.45, 2.75) is 6.54 Å². The number of piperazine rings is 1. The van der Waals surface area contributed by atoms with E-state index < -0.39 is 0 Å². The van der Waals surface area contributed by atoms with E-state index in [0.717, 1.165) is 37.5 Å². The van der Waals surface area contributed by atoms with Crippen molar-refractivity contribution >= 4 is 28.3 Å². The van der Waals surface area contributed by atoms with Gasteiger partial charge >= 0.3 is 0 Å². The van der Waals surface area contributed by atoms with Crippen LogP contribution in [0.1, 0.15) is 5.82 Å². The summed E-state index contributed by atoms with van der Waals surface area (Å²) in [4.78, 5) is 32.4. The molecule has 2 aromatic heterocycles. The number of hydrogen-bond acceptors (Lipinski definition) is 6. The largest absolute Gasteiger partial charge is 0.353 e. The maximum absolute atomic E-state index is 12.2. The fourth-order valence-corrected chi connectivity index (χ4v) is 3.18. The maximum Gasteiger partial charge on any atom is 0.258 e. The Labute approximate surface area is 149 Å². The lowest BCUT2D eigenvalue weighted by molar-refractivity contribution is 0.243. The van der Waals surface area contributed by atoms with Crippen molar-refractivity contribution in [3.05, 3.63) is 58.0 Å². The summed E-state index contributed by atoms with van der Waals surface area (Å²) < 4.78 is 0. The molecule has 8 heteroatoms. The van der Waals surface area contributed by atoms with Gasteiger partial charge in [-0.2, -0.15) is 0 Å². The van der Waals surface area contributed by atoms with Crippen molar-refractivity contribution in [3.63, 3.8) is 0 Å². The third-order valence-electron chi connectivity index (χ3n) is 4.32. The molecular weight excluding hydrogens is 340 g/mol. The molecule has 1 aliphatic heterocycles. The Morgan fingerprint density at radius 1 is 1.08 bits per heavy atom. The highest BCUT2D eigenvalue weighted by Crippen LogP contribution is 2.16. The molecular formula is C17H17ClN6O. The van der Waals surface area contributed by atoms with E-state index in [2.05, 4.69) is 29.7 Å². The number of anilines is 1. The SMILES string of the molecule is O=c1[nH]c(CN2CCN(c3cncc(Cl)n3)CC2)nc2ccccc12. The molecule has 0 spiro atoms. The molecule has 1 fully saturated rings. The Kier molecular flexibility index (Phi) is 4.33. The zero-order chi connectivity index (χ0) is 17.2. The number of fused-ring (bicyclic) bond motifs is 1. The fourth-order valence-electron chi connectivity index (χ4n) is 3.04. The molecule has 7 nitrogen and oxygen atoms in total. The molecule has 1 saturated heterocycles. The lowest BCUT2D eigenvalue weighted by atomic mass is 10.2. The number of nitrogens with zero attached hydrogens (tertiary/aromatic N) is 5. The standard InChI is InChI=1S/C17H17ClN6O/c18-14-9-19-10-16(21-14)24-7-5-23(6-8-24)11-15-20-13-4-2-1-3-12(13)17(25)22-15/h1-4,9-10H,5-8,11H2,(H,20,22,25). The minimum atomic E-state index is -0.0894. The van der Waals surface area contributed by atoms with Gasteiger partial charge in [0.15, 0.2) is 0 Å². The highest BCUT2D eigenvalue weighted by Gasteiger charge is 2.19. The molecule has 0 atom stereocenters. The van der Waals surface area contributed by atoms with E-state index in [1.54, 1.807) is 12.3 Å². The van der Waals surface area contributed by atoms with E-state index in [1.807, 2.05) is 18.2 Å². The first-order chi connectivity index (χ1) is 12.2. The highest BCUT2D eigenvalue weighted by molar-refractivity contribution is 6.29. The van der Waals surface area contributed by atoms with Crippen LogP contribution in [-0.2, 0) is 6.54 Å². The van der Waals surface area contributed by atoms with Crippen LogP contribution in [0, 0.1) is 0 Å². The molecule has 0 radical (unpaired) electrons. The fraction of sp³-hybridized carbons (Fsp3) is 0.294. The maximum atomic E-state index is 12.2. The number of aromatic nitrogens is 4. The summed E-state index contributed by atoms with van der Waals surface area (Å²) in [5, 5.41) is 1.02. The zero-order valence-corrected chi connectivity index (χ0v) is 14.3. The summed E-state index contributed by atoms with van der Waals surface area (Å²) in [5.74, 6) is 1.49. The quantitative estimate of drug-likeness (QED) is 0.769. The minimum Gasteiger partial charge on any atom is -0.353 e. The van der Waals surface area contributed by atoms with Crippen molar-refractivity contribution in [1.29, 1.82) is 0 Å². The van der Waals surface area contributed by atoms with Crippen molar-refractivity contribution in [2.75, 3.05) is 31.1 Å². The smallest absolute Gasteiger partial charge is 0.258 e. The van der Waals surface area contributed by atoms with Gasteiger partial charge in [0.2, 0.25) is 0 Å². The second kappa shape index (κ2) is 6.78. The van der Waals surface area contributed by atoms with Crippen LogP contribution < -0.4 is 10.5 Å². The van der Waals surface area contributed by atoms with Gasteiger partial charge in [0, 0.05) is 26.2 Å². The number of nitrogens with one attached hydrogen (secondary N) is 1. The molecule has 1 aromatic carbocycles. The van der Waals surface area contributed by atoms with Crippen LogP contribution in [-0.4, -0.2) is 51.0 Å². The van der Waals surface area contributed by atoms with Gasteiger partial charge in [-0.05, 0) is 12.1 Å². The van der Waals surface area contributed by atoms with Crippen molar-refractivity contribution in [1.82, 2.24) is 24.8 Å². The molecule has 1 N–H and O–H groups in total. The molecule has 25 heavy (non-hydrogen) atoms. The number of halogens is 1. The second-order valence-electron chi connectivity index (χ2n) is 5.99. The van der Waals surface area contributed by atoms with E-state index >= 15 is 0 Å². The molecule has 0 aliphatic carbocycles. The summed E-state index contributed by atoms with van der Waals surface area (Å²) in [5.41, 5.74) is 0.641. The first kappa shape index (κ1) is 16.0. The number of benzene rings is 1. The van der Waals surface area contributed by atoms with Gasteiger partial charge in [0.05, 0.1) is 29.8 Å². The second-order valence-corrected chi connectivity index (χ2v) is 6.38. The van der Waals surface area contributed by atoms with E-state index in [0.29, 0.717) is 22.9 Å². The molecule has 0 bridgehead atoms. The molecule has 3 heterocycles. The lowest BCUT2D eigenvalue weighted by Gasteiger charge is -2.34. The number of hydrogen-bond donors (Lipinski definition) is 1. The van der Waals surface area contributed by atoms with Crippen LogP contribution in [0.5, 0.6) is 0 Å². The Balaban J connectivity index is 1.44. The van der Waals surface area contributed by atoms with Crippen molar-refractivity contribution in [2.24, 2.45) is 0 Å². The van der Waals surface area contributed by atoms with Gasteiger partial charge in [-0.3, -0.25) is 14.7 Å². The Hall–Kier alpha value is -2.51. The van der Waals surface area contributed by atoms with Crippen LogP contribution >= 0.6 is 11.6 Å². The predicted molar refractivity (Wildman–Crippen MR) is 96.9 cm³/mol. The molecule has 128 valence electrons. The third kappa shape index (κ3) is 3.47. The number of aromatic amines is 1. The van der Waals surface area contributed by atoms with Crippen LogP contribution in [0.25, 0.3) is 10.9 Å². The van der Waals surface area contributed by atoms with E-state index in [9.17, 15) is 4.79 Å². The minimum absolute atomic E-state index is 0.0894. The Morgan fingerprint density at radius 3 is 2.68 bits per heavy atom. The summed E-state index contributed by atoms with van der Waals surface area (Å²) in [7, 11) is 0. The lowest BCUT2D eigenvalue weighted by Crippen LogP contribution is -2.46. The van der Waals surface area contributed by atoms with Crippen LogP contribution in [0.15, 0.2) is 41.5 Å². The molecule has 0 amide bonds. The summed E-state index contributed by atoms with van der Waals surface area (Å²) in [6.45, 7) is 3.98. The van der Waals surface area contributed by atoms with Gasteiger partial charge < -0.3 is 9.88 Å². The van der Waals surface area contributed by atoms with Crippen LogP contribution in [0.4, 0.5) is 5.82 Å². The average molecular weight is 357 g/mol. The predicted octanol–water partition coefficient (Wildman–Crippen LogP) is 1.69. The Bertz CT molecular complexity index is 951. The van der Waals surface area contributed by atoms with Gasteiger partial charge in [0.1, 0.15) is 16.8 Å². The monoisotopic (exact) mass is 356 g/mol.